The fourth-order valence-electron chi connectivity index (χ4n) is 2.27. The van der Waals surface area contributed by atoms with Crippen molar-refractivity contribution in [2.45, 2.75) is 20.3 Å². The summed E-state index contributed by atoms with van der Waals surface area (Å²) < 4.78 is 5.16. The molecule has 1 aromatic heterocycles. The molecule has 0 bridgehead atoms. The summed E-state index contributed by atoms with van der Waals surface area (Å²) >= 11 is 0. The van der Waals surface area contributed by atoms with E-state index in [0.717, 1.165) is 37.6 Å². The molecule has 0 aliphatic rings. The van der Waals surface area contributed by atoms with Crippen LogP contribution in [0, 0.1) is 0 Å². The van der Waals surface area contributed by atoms with Crippen LogP contribution in [0.4, 0.5) is 11.8 Å². The van der Waals surface area contributed by atoms with Crippen molar-refractivity contribution >= 4 is 11.8 Å². The summed E-state index contributed by atoms with van der Waals surface area (Å²) in [5, 5.41) is 3.29. The maximum atomic E-state index is 5.16. The first-order chi connectivity index (χ1) is 10.8. The number of nitrogens with zero attached hydrogens (tertiary/aromatic N) is 3. The maximum absolute atomic E-state index is 5.16. The van der Waals surface area contributed by atoms with Crippen LogP contribution in [0.25, 0.3) is 0 Å². The smallest absolute Gasteiger partial charge is 0.224 e. The van der Waals surface area contributed by atoms with Gasteiger partial charge in [0, 0.05) is 25.8 Å². The highest BCUT2D eigenvalue weighted by molar-refractivity contribution is 5.42. The van der Waals surface area contributed by atoms with Gasteiger partial charge in [0.1, 0.15) is 11.6 Å². The summed E-state index contributed by atoms with van der Waals surface area (Å²) in [5.74, 6) is 2.52. The lowest BCUT2D eigenvalue weighted by Gasteiger charge is -2.19. The van der Waals surface area contributed by atoms with Crippen molar-refractivity contribution < 1.29 is 4.74 Å². The van der Waals surface area contributed by atoms with Gasteiger partial charge in [0.2, 0.25) is 5.95 Å². The lowest BCUT2D eigenvalue weighted by molar-refractivity contribution is 0.414. The molecule has 118 valence electrons. The highest BCUT2D eigenvalue weighted by atomic mass is 16.5. The van der Waals surface area contributed by atoms with Crippen molar-refractivity contribution in [1.29, 1.82) is 0 Å². The summed E-state index contributed by atoms with van der Waals surface area (Å²) in [7, 11) is 1.68. The SMILES string of the molecule is CCN(CC)c1ccnc(NCCc2ccc(OC)cc2)n1. The fraction of sp³-hybridized carbons (Fsp3) is 0.412. The normalized spacial score (nSPS) is 10.3. The van der Waals surface area contributed by atoms with Crippen LogP contribution < -0.4 is 15.0 Å². The Morgan fingerprint density at radius 1 is 1.09 bits per heavy atom. The van der Waals surface area contributed by atoms with E-state index in [1.54, 1.807) is 13.3 Å². The molecular weight excluding hydrogens is 276 g/mol. The number of aromatic nitrogens is 2. The number of nitrogens with one attached hydrogen (secondary N) is 1. The maximum Gasteiger partial charge on any atom is 0.224 e. The molecule has 0 fully saturated rings. The predicted molar refractivity (Wildman–Crippen MR) is 90.8 cm³/mol. The van der Waals surface area contributed by atoms with Crippen molar-refractivity contribution in [2.75, 3.05) is 37.0 Å². The molecule has 0 unspecified atom stereocenters. The Labute approximate surface area is 132 Å². The molecule has 22 heavy (non-hydrogen) atoms. The van der Waals surface area contributed by atoms with Crippen molar-refractivity contribution in [3.8, 4) is 5.75 Å². The molecule has 2 aromatic rings. The number of rotatable bonds is 8. The van der Waals surface area contributed by atoms with Gasteiger partial charge < -0.3 is 15.0 Å². The monoisotopic (exact) mass is 300 g/mol. The first-order valence-corrected chi connectivity index (χ1v) is 7.71. The van der Waals surface area contributed by atoms with Crippen LogP contribution in [-0.4, -0.2) is 36.7 Å². The molecule has 0 spiro atoms. The Hall–Kier alpha value is -2.30. The minimum absolute atomic E-state index is 0.679. The number of benzene rings is 1. The summed E-state index contributed by atoms with van der Waals surface area (Å²) in [4.78, 5) is 11.0. The van der Waals surface area contributed by atoms with E-state index < -0.39 is 0 Å². The van der Waals surface area contributed by atoms with Gasteiger partial charge in [-0.25, -0.2) is 4.98 Å². The summed E-state index contributed by atoms with van der Waals surface area (Å²) in [5.41, 5.74) is 1.26. The van der Waals surface area contributed by atoms with E-state index in [-0.39, 0.29) is 0 Å². The zero-order valence-electron chi connectivity index (χ0n) is 13.5. The predicted octanol–water partition coefficient (Wildman–Crippen LogP) is 2.99. The van der Waals surface area contributed by atoms with Gasteiger partial charge in [-0.15, -0.1) is 0 Å². The van der Waals surface area contributed by atoms with E-state index >= 15 is 0 Å². The van der Waals surface area contributed by atoms with Crippen molar-refractivity contribution in [1.82, 2.24) is 9.97 Å². The van der Waals surface area contributed by atoms with Crippen LogP contribution in [-0.2, 0) is 6.42 Å². The molecule has 0 saturated heterocycles. The van der Waals surface area contributed by atoms with Crippen molar-refractivity contribution in [2.24, 2.45) is 0 Å². The van der Waals surface area contributed by atoms with E-state index in [2.05, 4.69) is 46.2 Å². The minimum atomic E-state index is 0.679. The average molecular weight is 300 g/mol. The van der Waals surface area contributed by atoms with E-state index in [1.807, 2.05) is 18.2 Å². The van der Waals surface area contributed by atoms with E-state index in [9.17, 15) is 0 Å². The van der Waals surface area contributed by atoms with Gasteiger partial charge in [-0.2, -0.15) is 4.98 Å². The Balaban J connectivity index is 1.89. The molecule has 5 heteroatoms. The Bertz CT molecular complexity index is 567. The highest BCUT2D eigenvalue weighted by Crippen LogP contribution is 2.13. The molecule has 1 heterocycles. The van der Waals surface area contributed by atoms with Gasteiger partial charge in [-0.1, -0.05) is 12.1 Å². The Kier molecular flexibility index (Phi) is 6.01. The number of hydrogen-bond acceptors (Lipinski definition) is 5. The average Bonchev–Trinajstić information content (AvgIpc) is 2.57. The number of ether oxygens (including phenoxy) is 1. The molecule has 0 aliphatic heterocycles. The Morgan fingerprint density at radius 3 is 2.45 bits per heavy atom. The van der Waals surface area contributed by atoms with E-state index in [0.29, 0.717) is 5.95 Å². The number of methoxy groups -OCH3 is 1. The van der Waals surface area contributed by atoms with Gasteiger partial charge in [0.15, 0.2) is 0 Å². The molecule has 1 aromatic carbocycles. The second-order valence-electron chi connectivity index (χ2n) is 4.94. The van der Waals surface area contributed by atoms with Gasteiger partial charge in [-0.3, -0.25) is 0 Å². The van der Waals surface area contributed by atoms with Gasteiger partial charge >= 0.3 is 0 Å². The third-order valence-corrected chi connectivity index (χ3v) is 3.58. The summed E-state index contributed by atoms with van der Waals surface area (Å²) in [6.07, 6.45) is 2.72. The summed E-state index contributed by atoms with van der Waals surface area (Å²) in [6, 6.07) is 10.1. The van der Waals surface area contributed by atoms with Gasteiger partial charge in [-0.05, 0) is 44.0 Å². The first-order valence-electron chi connectivity index (χ1n) is 7.71. The minimum Gasteiger partial charge on any atom is -0.497 e. The van der Waals surface area contributed by atoms with Crippen LogP contribution >= 0.6 is 0 Å². The molecule has 0 aliphatic carbocycles. The third kappa shape index (κ3) is 4.35. The van der Waals surface area contributed by atoms with Gasteiger partial charge in [0.05, 0.1) is 7.11 Å². The Morgan fingerprint density at radius 2 is 1.82 bits per heavy atom. The largest absolute Gasteiger partial charge is 0.497 e. The molecular formula is C17H24N4O. The lowest BCUT2D eigenvalue weighted by atomic mass is 10.1. The number of anilines is 2. The third-order valence-electron chi connectivity index (χ3n) is 3.58. The second kappa shape index (κ2) is 8.22. The van der Waals surface area contributed by atoms with Crippen LogP contribution in [0.15, 0.2) is 36.5 Å². The molecule has 2 rings (SSSR count). The van der Waals surface area contributed by atoms with Crippen LogP contribution in [0.2, 0.25) is 0 Å². The molecule has 0 saturated carbocycles. The molecule has 0 atom stereocenters. The van der Waals surface area contributed by atoms with E-state index in [4.69, 9.17) is 4.74 Å². The molecule has 0 radical (unpaired) electrons. The van der Waals surface area contributed by atoms with Crippen LogP contribution in [0.3, 0.4) is 0 Å². The highest BCUT2D eigenvalue weighted by Gasteiger charge is 2.05. The van der Waals surface area contributed by atoms with Gasteiger partial charge in [0.25, 0.3) is 0 Å². The zero-order chi connectivity index (χ0) is 15.8. The van der Waals surface area contributed by atoms with E-state index in [1.165, 1.54) is 5.56 Å². The zero-order valence-corrected chi connectivity index (χ0v) is 13.5. The molecule has 0 amide bonds. The summed E-state index contributed by atoms with van der Waals surface area (Å²) in [6.45, 7) is 6.94. The molecule has 1 N–H and O–H groups in total. The standard InChI is InChI=1S/C17H24N4O/c1-4-21(5-2)16-11-13-19-17(20-16)18-12-10-14-6-8-15(22-3)9-7-14/h6-9,11,13H,4-5,10,12H2,1-3H3,(H,18,19,20). The fourth-order valence-corrected chi connectivity index (χ4v) is 2.27. The van der Waals surface area contributed by atoms with Crippen LogP contribution in [0.5, 0.6) is 5.75 Å². The first kappa shape index (κ1) is 16.1. The van der Waals surface area contributed by atoms with Crippen LogP contribution in [0.1, 0.15) is 19.4 Å². The van der Waals surface area contributed by atoms with Crippen molar-refractivity contribution in [3.05, 3.63) is 42.1 Å². The number of hydrogen-bond donors (Lipinski definition) is 1. The topological polar surface area (TPSA) is 50.3 Å². The second-order valence-corrected chi connectivity index (χ2v) is 4.94. The molecule has 5 nitrogen and oxygen atoms in total. The van der Waals surface area contributed by atoms with Crippen molar-refractivity contribution in [3.63, 3.8) is 0 Å². The quantitative estimate of drug-likeness (QED) is 0.812. The lowest BCUT2D eigenvalue weighted by Crippen LogP contribution is -2.23.